The Morgan fingerprint density at radius 1 is 0.593 bits per heavy atom. The summed E-state index contributed by atoms with van der Waals surface area (Å²) in [4.78, 5) is 24.2. The second kappa shape index (κ2) is 14.8. The Morgan fingerprint density at radius 2 is 1.02 bits per heavy atom. The van der Waals surface area contributed by atoms with E-state index in [9.17, 15) is 53.5 Å². The summed E-state index contributed by atoms with van der Waals surface area (Å²) in [5.74, 6) is -8.84. The number of esters is 2. The van der Waals surface area contributed by atoms with Crippen LogP contribution in [0.3, 0.4) is 0 Å². The SMILES string of the molecule is COC(=O)c1c(Oc2ccc(OC(F)(F)F)cc2)ccc2c1C=CC2(F)F.COC(=O)c1c(Oc2ccc(OC(F)(F)F)cc2)ccc2c1CCC2(F)F. The van der Waals surface area contributed by atoms with Crippen LogP contribution in [0, 0.1) is 0 Å². The highest BCUT2D eigenvalue weighted by Crippen LogP contribution is 2.46. The summed E-state index contributed by atoms with van der Waals surface area (Å²) in [7, 11) is 2.20. The molecule has 0 saturated heterocycles. The molecule has 0 unspecified atom stereocenters. The van der Waals surface area contributed by atoms with E-state index in [0.29, 0.717) is 6.08 Å². The average Bonchev–Trinajstić information content (AvgIpc) is 3.58. The minimum atomic E-state index is -4.84. The average molecular weight is 775 g/mol. The van der Waals surface area contributed by atoms with Crippen LogP contribution in [0.5, 0.6) is 34.5 Å². The fourth-order valence-electron chi connectivity index (χ4n) is 5.47. The summed E-state index contributed by atoms with van der Waals surface area (Å²) in [5.41, 5.74) is -0.863. The first-order chi connectivity index (χ1) is 25.2. The van der Waals surface area contributed by atoms with E-state index < -0.39 is 54.4 Å². The van der Waals surface area contributed by atoms with Crippen molar-refractivity contribution in [2.24, 2.45) is 0 Å². The zero-order valence-electron chi connectivity index (χ0n) is 27.5. The summed E-state index contributed by atoms with van der Waals surface area (Å²) in [6.07, 6.45) is -8.38. The standard InChI is InChI=1S/C18H13F5O4.C18H11F5O4/c2*1-25-16(24)15-12-8-9-17(19,20)13(12)6-7-14(15)26-10-2-4-11(5-3-10)27-18(21,22)23/h2-7H,8-9H2,1H3;2-9H,1H3. The lowest BCUT2D eigenvalue weighted by Gasteiger charge is -2.16. The number of methoxy groups -OCH3 is 2. The fraction of sp³-hybridized carbons (Fsp3) is 0.222. The largest absolute Gasteiger partial charge is 0.573 e. The van der Waals surface area contributed by atoms with Gasteiger partial charge in [0.1, 0.15) is 45.6 Å². The zero-order valence-corrected chi connectivity index (χ0v) is 27.5. The van der Waals surface area contributed by atoms with Gasteiger partial charge in [-0.05, 0) is 90.9 Å². The van der Waals surface area contributed by atoms with E-state index in [4.69, 9.17) is 9.47 Å². The Kier molecular flexibility index (Phi) is 10.8. The number of fused-ring (bicyclic) bond motifs is 2. The van der Waals surface area contributed by atoms with E-state index in [2.05, 4.69) is 18.9 Å². The molecule has 0 radical (unpaired) electrons. The molecule has 2 aliphatic rings. The first kappa shape index (κ1) is 39.3. The van der Waals surface area contributed by atoms with Gasteiger partial charge in [0.05, 0.1) is 14.2 Å². The van der Waals surface area contributed by atoms with Crippen LogP contribution in [0.15, 0.2) is 78.9 Å². The van der Waals surface area contributed by atoms with Crippen molar-refractivity contribution in [3.63, 3.8) is 0 Å². The Labute approximate surface area is 298 Å². The second-order valence-corrected chi connectivity index (χ2v) is 11.3. The van der Waals surface area contributed by atoms with Gasteiger partial charge >= 0.3 is 24.7 Å². The Bertz CT molecular complexity index is 2050. The van der Waals surface area contributed by atoms with Crippen molar-refractivity contribution in [2.75, 3.05) is 14.2 Å². The van der Waals surface area contributed by atoms with Gasteiger partial charge < -0.3 is 28.4 Å². The van der Waals surface area contributed by atoms with Crippen molar-refractivity contribution in [3.8, 4) is 34.5 Å². The molecule has 4 aromatic carbocycles. The van der Waals surface area contributed by atoms with Crippen LogP contribution < -0.4 is 18.9 Å². The van der Waals surface area contributed by atoms with Gasteiger partial charge in [0.15, 0.2) is 0 Å². The molecule has 0 saturated carbocycles. The maximum absolute atomic E-state index is 13.9. The van der Waals surface area contributed by atoms with Gasteiger partial charge in [-0.15, -0.1) is 26.3 Å². The first-order valence-electron chi connectivity index (χ1n) is 15.2. The van der Waals surface area contributed by atoms with Crippen molar-refractivity contribution in [3.05, 3.63) is 112 Å². The van der Waals surface area contributed by atoms with Gasteiger partial charge in [0.25, 0.3) is 11.8 Å². The lowest BCUT2D eigenvalue weighted by atomic mass is 10.0. The second-order valence-electron chi connectivity index (χ2n) is 11.3. The quantitative estimate of drug-likeness (QED) is 0.129. The molecule has 0 N–H and O–H groups in total. The lowest BCUT2D eigenvalue weighted by molar-refractivity contribution is -0.275. The maximum atomic E-state index is 13.9. The van der Waals surface area contributed by atoms with Crippen LogP contribution in [-0.4, -0.2) is 38.9 Å². The summed E-state index contributed by atoms with van der Waals surface area (Å²) in [6.45, 7) is 0. The molecule has 18 heteroatoms. The number of hydrogen-bond donors (Lipinski definition) is 0. The van der Waals surface area contributed by atoms with Gasteiger partial charge in [0.2, 0.25) is 0 Å². The van der Waals surface area contributed by atoms with Crippen LogP contribution in [0.4, 0.5) is 43.9 Å². The Hall–Kier alpha value is -5.94. The molecule has 8 nitrogen and oxygen atoms in total. The van der Waals surface area contributed by atoms with Crippen LogP contribution in [0.25, 0.3) is 6.08 Å². The molecular formula is C36H24F10O8. The smallest absolute Gasteiger partial charge is 0.465 e. The highest BCUT2D eigenvalue weighted by atomic mass is 19.4. The van der Waals surface area contributed by atoms with Gasteiger partial charge in [-0.25, -0.2) is 18.4 Å². The number of ether oxygens (including phenoxy) is 6. The van der Waals surface area contributed by atoms with Crippen LogP contribution in [0.1, 0.15) is 49.4 Å². The number of carbonyl (C=O) groups excluding carboxylic acids is 2. The highest BCUT2D eigenvalue weighted by molar-refractivity contribution is 5.98. The minimum absolute atomic E-state index is 0.0252. The van der Waals surface area contributed by atoms with Crippen molar-refractivity contribution in [2.45, 2.75) is 37.4 Å². The highest BCUT2D eigenvalue weighted by Gasteiger charge is 2.42. The van der Waals surface area contributed by atoms with Crippen molar-refractivity contribution in [1.82, 2.24) is 0 Å². The minimum Gasteiger partial charge on any atom is -0.465 e. The number of benzene rings is 4. The van der Waals surface area contributed by atoms with E-state index in [1.54, 1.807) is 0 Å². The van der Waals surface area contributed by atoms with E-state index in [1.165, 1.54) is 42.5 Å². The number of alkyl halides is 10. The van der Waals surface area contributed by atoms with E-state index in [0.717, 1.165) is 50.6 Å². The number of carbonyl (C=O) groups is 2. The molecule has 2 aliphatic carbocycles. The molecule has 0 bridgehead atoms. The van der Waals surface area contributed by atoms with E-state index in [-0.39, 0.29) is 62.8 Å². The molecule has 0 fully saturated rings. The van der Waals surface area contributed by atoms with Gasteiger partial charge in [-0.3, -0.25) is 0 Å². The molecule has 6 rings (SSSR count). The molecule has 0 atom stereocenters. The molecule has 0 amide bonds. The predicted octanol–water partition coefficient (Wildman–Crippen LogP) is 10.5. The summed E-state index contributed by atoms with van der Waals surface area (Å²) in [5, 5.41) is 0. The van der Waals surface area contributed by atoms with Gasteiger partial charge in [0, 0.05) is 23.1 Å². The van der Waals surface area contributed by atoms with Crippen molar-refractivity contribution in [1.29, 1.82) is 0 Å². The third-order valence-electron chi connectivity index (χ3n) is 7.73. The molecular weight excluding hydrogens is 750 g/mol. The molecule has 0 aliphatic heterocycles. The molecule has 0 spiro atoms. The van der Waals surface area contributed by atoms with Crippen LogP contribution in [-0.2, 0) is 27.7 Å². The molecule has 0 heterocycles. The molecule has 0 aromatic heterocycles. The van der Waals surface area contributed by atoms with E-state index >= 15 is 0 Å². The molecule has 54 heavy (non-hydrogen) atoms. The maximum Gasteiger partial charge on any atom is 0.573 e. The van der Waals surface area contributed by atoms with Crippen molar-refractivity contribution < 1.29 is 81.9 Å². The summed E-state index contributed by atoms with van der Waals surface area (Å²) >= 11 is 0. The molecule has 286 valence electrons. The summed E-state index contributed by atoms with van der Waals surface area (Å²) in [6, 6.07) is 13.5. The van der Waals surface area contributed by atoms with Gasteiger partial charge in [-0.2, -0.15) is 8.78 Å². The number of allylic oxidation sites excluding steroid dienone is 1. The zero-order chi connectivity index (χ0) is 39.6. The number of rotatable bonds is 8. The fourth-order valence-corrected chi connectivity index (χ4v) is 5.47. The number of halogens is 10. The first-order valence-corrected chi connectivity index (χ1v) is 15.2. The molecule has 4 aromatic rings. The predicted molar refractivity (Wildman–Crippen MR) is 167 cm³/mol. The summed E-state index contributed by atoms with van der Waals surface area (Å²) < 4.78 is 157. The monoisotopic (exact) mass is 774 g/mol. The van der Waals surface area contributed by atoms with Crippen LogP contribution in [0.2, 0.25) is 0 Å². The topological polar surface area (TPSA) is 89.5 Å². The number of hydrogen-bond acceptors (Lipinski definition) is 8. The third-order valence-corrected chi connectivity index (χ3v) is 7.73. The Morgan fingerprint density at radius 3 is 1.48 bits per heavy atom. The Balaban J connectivity index is 0.000000208. The lowest BCUT2D eigenvalue weighted by Crippen LogP contribution is -2.16. The van der Waals surface area contributed by atoms with Crippen molar-refractivity contribution >= 4 is 18.0 Å². The van der Waals surface area contributed by atoms with Crippen LogP contribution >= 0.6 is 0 Å². The third kappa shape index (κ3) is 8.98. The van der Waals surface area contributed by atoms with E-state index in [1.807, 2.05) is 0 Å². The van der Waals surface area contributed by atoms with Gasteiger partial charge in [-0.1, -0.05) is 6.08 Å². The normalized spacial score (nSPS) is 14.9.